The van der Waals surface area contributed by atoms with E-state index >= 15 is 0 Å². The van der Waals surface area contributed by atoms with E-state index in [-0.39, 0.29) is 0 Å². The van der Waals surface area contributed by atoms with Gasteiger partial charge in [-0.25, -0.2) is 0 Å². The van der Waals surface area contributed by atoms with Crippen molar-refractivity contribution in [1.29, 1.82) is 0 Å². The number of nitrogens with one attached hydrogen (secondary N) is 2. The van der Waals surface area contributed by atoms with Crippen LogP contribution in [0.5, 0.6) is 0 Å². The Morgan fingerprint density at radius 3 is 2.68 bits per heavy atom. The topological polar surface area (TPSA) is 44.4 Å². The van der Waals surface area contributed by atoms with E-state index in [1.165, 1.54) is 11.1 Å². The predicted octanol–water partition coefficient (Wildman–Crippen LogP) is 1.32. The van der Waals surface area contributed by atoms with E-state index in [1.54, 1.807) is 0 Å². The molecule has 0 aliphatic heterocycles. The third-order valence-electron chi connectivity index (χ3n) is 3.17. The molecule has 0 fully saturated rings. The highest BCUT2D eigenvalue weighted by molar-refractivity contribution is 5.45. The Kier molecular flexibility index (Phi) is 7.15. The van der Waals surface area contributed by atoms with Crippen molar-refractivity contribution in [2.24, 2.45) is 0 Å². The van der Waals surface area contributed by atoms with Gasteiger partial charge >= 0.3 is 0 Å². The number of aryl methyl sites for hydroxylation is 1. The lowest BCUT2D eigenvalue weighted by Gasteiger charge is -2.25. The van der Waals surface area contributed by atoms with Crippen LogP contribution in [0.15, 0.2) is 24.3 Å². The molecule has 19 heavy (non-hydrogen) atoms. The maximum absolute atomic E-state index is 10.1. The zero-order chi connectivity index (χ0) is 14.1. The summed E-state index contributed by atoms with van der Waals surface area (Å²) in [5.41, 5.74) is 2.66. The molecule has 1 unspecified atom stereocenters. The smallest absolute Gasteiger partial charge is 0.207 e. The summed E-state index contributed by atoms with van der Waals surface area (Å²) in [6, 6.07) is 9.10. The van der Waals surface area contributed by atoms with Crippen LogP contribution in [0.25, 0.3) is 0 Å². The molecule has 0 saturated carbocycles. The van der Waals surface area contributed by atoms with Gasteiger partial charge in [-0.1, -0.05) is 29.8 Å². The maximum Gasteiger partial charge on any atom is 0.207 e. The Hall–Kier alpha value is -1.39. The van der Waals surface area contributed by atoms with Crippen LogP contribution in [0.2, 0.25) is 0 Å². The molecule has 1 aromatic rings. The van der Waals surface area contributed by atoms with E-state index in [0.717, 1.165) is 25.9 Å². The van der Waals surface area contributed by atoms with Gasteiger partial charge in [-0.3, -0.25) is 4.79 Å². The number of nitrogens with zero attached hydrogens (tertiary/aromatic N) is 1. The van der Waals surface area contributed by atoms with Crippen molar-refractivity contribution >= 4 is 6.41 Å². The Labute approximate surface area is 116 Å². The molecule has 1 atom stereocenters. The molecular formula is C15H25N3O. The van der Waals surface area contributed by atoms with Crippen LogP contribution in [-0.2, 0) is 4.79 Å². The number of amides is 1. The average Bonchev–Trinajstić information content (AvgIpc) is 2.37. The monoisotopic (exact) mass is 263 g/mol. The Morgan fingerprint density at radius 2 is 2.05 bits per heavy atom. The molecule has 0 aliphatic carbocycles. The molecular weight excluding hydrogens is 238 g/mol. The molecule has 1 amide bonds. The maximum atomic E-state index is 10.1. The first kappa shape index (κ1) is 15.7. The molecule has 106 valence electrons. The zero-order valence-corrected chi connectivity index (χ0v) is 12.1. The van der Waals surface area contributed by atoms with Gasteiger partial charge in [0.2, 0.25) is 6.41 Å². The van der Waals surface area contributed by atoms with Crippen LogP contribution in [0.4, 0.5) is 0 Å². The lowest BCUT2D eigenvalue weighted by Crippen LogP contribution is -2.30. The molecule has 0 heterocycles. The van der Waals surface area contributed by atoms with E-state index in [1.807, 2.05) is 0 Å². The van der Waals surface area contributed by atoms with E-state index in [9.17, 15) is 4.79 Å². The van der Waals surface area contributed by atoms with E-state index in [2.05, 4.69) is 60.8 Å². The van der Waals surface area contributed by atoms with Crippen molar-refractivity contribution < 1.29 is 4.79 Å². The number of carbonyl (C=O) groups excluding carboxylic acids is 1. The second-order valence-electron chi connectivity index (χ2n) is 5.00. The standard InChI is InChI=1S/C15H25N3O/c1-13-5-4-6-14(11-13)15(18(2)3)7-8-16-9-10-17-12-19/h4-6,11-12,15-16H,7-10H2,1-3H3,(H,17,19). The number of benzene rings is 1. The highest BCUT2D eigenvalue weighted by Crippen LogP contribution is 2.22. The van der Waals surface area contributed by atoms with Crippen molar-refractivity contribution in [3.8, 4) is 0 Å². The van der Waals surface area contributed by atoms with Crippen LogP contribution < -0.4 is 10.6 Å². The first-order valence-corrected chi connectivity index (χ1v) is 6.76. The number of hydrogen-bond donors (Lipinski definition) is 2. The molecule has 0 aromatic heterocycles. The highest BCUT2D eigenvalue weighted by atomic mass is 16.1. The molecule has 0 aliphatic rings. The van der Waals surface area contributed by atoms with Crippen LogP contribution >= 0.6 is 0 Å². The molecule has 0 spiro atoms. The van der Waals surface area contributed by atoms with Crippen molar-refractivity contribution in [3.05, 3.63) is 35.4 Å². The summed E-state index contributed by atoms with van der Waals surface area (Å²) in [6.07, 6.45) is 1.79. The second-order valence-corrected chi connectivity index (χ2v) is 5.00. The summed E-state index contributed by atoms with van der Waals surface area (Å²) < 4.78 is 0. The number of hydrogen-bond acceptors (Lipinski definition) is 3. The summed E-state index contributed by atoms with van der Waals surface area (Å²) >= 11 is 0. The number of carbonyl (C=O) groups is 1. The van der Waals surface area contributed by atoms with Gasteiger partial charge in [0.25, 0.3) is 0 Å². The average molecular weight is 263 g/mol. The van der Waals surface area contributed by atoms with Gasteiger partial charge in [0, 0.05) is 19.1 Å². The molecule has 2 N–H and O–H groups in total. The third-order valence-corrected chi connectivity index (χ3v) is 3.17. The Balaban J connectivity index is 2.43. The van der Waals surface area contributed by atoms with Gasteiger partial charge in [-0.2, -0.15) is 0 Å². The lowest BCUT2D eigenvalue weighted by molar-refractivity contribution is -0.109. The van der Waals surface area contributed by atoms with E-state index < -0.39 is 0 Å². The minimum absolute atomic E-state index is 0.423. The summed E-state index contributed by atoms with van der Waals surface area (Å²) in [6.45, 7) is 4.56. The van der Waals surface area contributed by atoms with Crippen molar-refractivity contribution in [2.45, 2.75) is 19.4 Å². The third kappa shape index (κ3) is 5.85. The van der Waals surface area contributed by atoms with Crippen molar-refractivity contribution in [1.82, 2.24) is 15.5 Å². The van der Waals surface area contributed by atoms with Crippen LogP contribution in [0.1, 0.15) is 23.6 Å². The molecule has 1 aromatic carbocycles. The molecule has 4 nitrogen and oxygen atoms in total. The van der Waals surface area contributed by atoms with Gasteiger partial charge in [-0.15, -0.1) is 0 Å². The minimum Gasteiger partial charge on any atom is -0.357 e. The quantitative estimate of drug-likeness (QED) is 0.522. The number of rotatable bonds is 9. The summed E-state index contributed by atoms with van der Waals surface area (Å²) in [5, 5.41) is 5.99. The first-order chi connectivity index (χ1) is 9.15. The fourth-order valence-electron chi connectivity index (χ4n) is 2.18. The minimum atomic E-state index is 0.423. The van der Waals surface area contributed by atoms with Crippen LogP contribution in [0, 0.1) is 6.92 Å². The zero-order valence-electron chi connectivity index (χ0n) is 12.1. The summed E-state index contributed by atoms with van der Waals surface area (Å²) in [5.74, 6) is 0. The van der Waals surface area contributed by atoms with Gasteiger partial charge in [0.05, 0.1) is 0 Å². The Bertz CT molecular complexity index is 379. The fraction of sp³-hybridized carbons (Fsp3) is 0.533. The summed E-state index contributed by atoms with van der Waals surface area (Å²) in [7, 11) is 4.22. The predicted molar refractivity (Wildman–Crippen MR) is 79.2 cm³/mol. The lowest BCUT2D eigenvalue weighted by atomic mass is 10.0. The van der Waals surface area contributed by atoms with E-state index in [4.69, 9.17) is 0 Å². The summed E-state index contributed by atoms with van der Waals surface area (Å²) in [4.78, 5) is 12.4. The Morgan fingerprint density at radius 1 is 1.26 bits per heavy atom. The molecule has 0 bridgehead atoms. The molecule has 0 radical (unpaired) electrons. The molecule has 4 heteroatoms. The van der Waals surface area contributed by atoms with Gasteiger partial charge in [0.1, 0.15) is 0 Å². The SMILES string of the molecule is Cc1cccc(C(CCNCCNC=O)N(C)C)c1. The fourth-order valence-corrected chi connectivity index (χ4v) is 2.18. The molecule has 1 rings (SSSR count). The first-order valence-electron chi connectivity index (χ1n) is 6.76. The van der Waals surface area contributed by atoms with Gasteiger partial charge in [0.15, 0.2) is 0 Å². The molecule has 0 saturated heterocycles. The van der Waals surface area contributed by atoms with E-state index in [0.29, 0.717) is 12.6 Å². The largest absolute Gasteiger partial charge is 0.357 e. The highest BCUT2D eigenvalue weighted by Gasteiger charge is 2.13. The van der Waals surface area contributed by atoms with Gasteiger partial charge in [-0.05, 0) is 39.5 Å². The van der Waals surface area contributed by atoms with Crippen molar-refractivity contribution in [2.75, 3.05) is 33.7 Å². The van der Waals surface area contributed by atoms with Crippen molar-refractivity contribution in [3.63, 3.8) is 0 Å². The second kappa shape index (κ2) is 8.67. The van der Waals surface area contributed by atoms with Crippen LogP contribution in [0.3, 0.4) is 0 Å². The normalized spacial score (nSPS) is 12.4. The van der Waals surface area contributed by atoms with Crippen LogP contribution in [-0.4, -0.2) is 45.0 Å². The van der Waals surface area contributed by atoms with Gasteiger partial charge < -0.3 is 15.5 Å².